The molecule has 1 saturated heterocycles. The van der Waals surface area contributed by atoms with Crippen molar-refractivity contribution in [2.75, 3.05) is 18.5 Å². The standard InChI is InChI=1S/C15H25N3/c1-12(2)17-10-13-6-5-7-14(11-17)15(13)16-18-8-3-4-9-18/h3-4,8-9,12-16H,5-7,10-11H2,1-2H3. The summed E-state index contributed by atoms with van der Waals surface area (Å²) < 4.78 is 2.14. The second kappa shape index (κ2) is 4.96. The van der Waals surface area contributed by atoms with Crippen molar-refractivity contribution in [3.8, 4) is 0 Å². The highest BCUT2D eigenvalue weighted by Gasteiger charge is 2.40. The molecule has 2 unspecified atom stereocenters. The van der Waals surface area contributed by atoms with Crippen molar-refractivity contribution in [3.63, 3.8) is 0 Å². The van der Waals surface area contributed by atoms with Gasteiger partial charge in [-0.2, -0.15) is 0 Å². The summed E-state index contributed by atoms with van der Waals surface area (Å²) >= 11 is 0. The molecule has 2 atom stereocenters. The number of piperidine rings is 1. The highest BCUT2D eigenvalue weighted by atomic mass is 15.4. The predicted molar refractivity (Wildman–Crippen MR) is 75.1 cm³/mol. The van der Waals surface area contributed by atoms with E-state index in [1.807, 2.05) is 0 Å². The average molecular weight is 247 g/mol. The maximum Gasteiger partial charge on any atom is 0.0505 e. The molecule has 0 aromatic carbocycles. The third kappa shape index (κ3) is 2.28. The summed E-state index contributed by atoms with van der Waals surface area (Å²) in [5.41, 5.74) is 3.71. The van der Waals surface area contributed by atoms with Crippen molar-refractivity contribution >= 4 is 0 Å². The molecular weight excluding hydrogens is 222 g/mol. The van der Waals surface area contributed by atoms with Crippen LogP contribution in [0.15, 0.2) is 24.5 Å². The van der Waals surface area contributed by atoms with Crippen molar-refractivity contribution in [3.05, 3.63) is 24.5 Å². The Morgan fingerprint density at radius 3 is 2.22 bits per heavy atom. The van der Waals surface area contributed by atoms with Crippen molar-refractivity contribution in [2.24, 2.45) is 11.8 Å². The van der Waals surface area contributed by atoms with Gasteiger partial charge in [0.15, 0.2) is 0 Å². The quantitative estimate of drug-likeness (QED) is 0.886. The summed E-state index contributed by atoms with van der Waals surface area (Å²) in [5.74, 6) is 1.64. The van der Waals surface area contributed by atoms with Gasteiger partial charge in [0.1, 0.15) is 0 Å². The number of hydrogen-bond donors (Lipinski definition) is 1. The van der Waals surface area contributed by atoms with E-state index in [0.29, 0.717) is 12.1 Å². The lowest BCUT2D eigenvalue weighted by molar-refractivity contribution is 0.0475. The number of rotatable bonds is 3. The summed E-state index contributed by atoms with van der Waals surface area (Å²) in [4.78, 5) is 2.67. The van der Waals surface area contributed by atoms with Crippen LogP contribution in [0, 0.1) is 11.8 Å². The average Bonchev–Trinajstić information content (AvgIpc) is 2.81. The van der Waals surface area contributed by atoms with E-state index in [9.17, 15) is 0 Å². The maximum atomic E-state index is 3.71. The molecule has 2 heterocycles. The zero-order valence-electron chi connectivity index (χ0n) is 11.5. The van der Waals surface area contributed by atoms with Crippen LogP contribution in [0.3, 0.4) is 0 Å². The van der Waals surface area contributed by atoms with Crippen LogP contribution in [0.2, 0.25) is 0 Å². The van der Waals surface area contributed by atoms with Crippen LogP contribution in [0.1, 0.15) is 33.1 Å². The molecule has 2 bridgehead atoms. The minimum atomic E-state index is 0.668. The van der Waals surface area contributed by atoms with Crippen LogP contribution in [0.5, 0.6) is 0 Å². The van der Waals surface area contributed by atoms with Gasteiger partial charge in [-0.05, 0) is 50.7 Å². The molecule has 100 valence electrons. The van der Waals surface area contributed by atoms with Gasteiger partial charge in [0.25, 0.3) is 0 Å². The fourth-order valence-corrected chi connectivity index (χ4v) is 3.70. The normalized spacial score (nSPS) is 32.7. The van der Waals surface area contributed by atoms with E-state index in [2.05, 4.69) is 53.4 Å². The lowest BCUT2D eigenvalue weighted by atomic mass is 9.73. The number of nitrogens with zero attached hydrogens (tertiary/aromatic N) is 2. The Balaban J connectivity index is 1.72. The first-order valence-electron chi connectivity index (χ1n) is 7.37. The molecule has 1 aromatic heterocycles. The van der Waals surface area contributed by atoms with E-state index in [0.717, 1.165) is 11.8 Å². The monoisotopic (exact) mass is 247 g/mol. The van der Waals surface area contributed by atoms with E-state index in [1.165, 1.54) is 32.4 Å². The fraction of sp³-hybridized carbons (Fsp3) is 0.733. The zero-order valence-corrected chi connectivity index (χ0v) is 11.5. The summed E-state index contributed by atoms with van der Waals surface area (Å²) in [5, 5.41) is 0. The highest BCUT2D eigenvalue weighted by molar-refractivity contribution is 5.03. The van der Waals surface area contributed by atoms with Gasteiger partial charge < -0.3 is 10.3 Å². The van der Waals surface area contributed by atoms with Crippen molar-refractivity contribution < 1.29 is 0 Å². The Kier molecular flexibility index (Phi) is 3.33. The first-order valence-corrected chi connectivity index (χ1v) is 7.37. The van der Waals surface area contributed by atoms with E-state index >= 15 is 0 Å². The van der Waals surface area contributed by atoms with Crippen LogP contribution < -0.4 is 5.43 Å². The third-order valence-electron chi connectivity index (χ3n) is 4.74. The van der Waals surface area contributed by atoms with Crippen LogP contribution in [-0.2, 0) is 0 Å². The SMILES string of the molecule is CC(C)N1CC2CCCC(C1)C2Nn1cccc1. The van der Waals surface area contributed by atoms with Gasteiger partial charge in [-0.15, -0.1) is 0 Å². The molecule has 18 heavy (non-hydrogen) atoms. The summed E-state index contributed by atoms with van der Waals surface area (Å²) in [6.45, 7) is 7.20. The largest absolute Gasteiger partial charge is 0.323 e. The van der Waals surface area contributed by atoms with Crippen LogP contribution in [-0.4, -0.2) is 34.7 Å². The second-order valence-electron chi connectivity index (χ2n) is 6.24. The van der Waals surface area contributed by atoms with Crippen molar-refractivity contribution in [2.45, 2.75) is 45.2 Å². The van der Waals surface area contributed by atoms with Gasteiger partial charge in [-0.1, -0.05) is 6.42 Å². The molecular formula is C15H25N3. The van der Waals surface area contributed by atoms with Crippen LogP contribution >= 0.6 is 0 Å². The van der Waals surface area contributed by atoms with Crippen LogP contribution in [0.25, 0.3) is 0 Å². The number of likely N-dealkylation sites (tertiary alicyclic amines) is 1. The molecule has 3 heteroatoms. The van der Waals surface area contributed by atoms with E-state index in [1.54, 1.807) is 0 Å². The first kappa shape index (κ1) is 12.1. The van der Waals surface area contributed by atoms with E-state index in [4.69, 9.17) is 0 Å². The van der Waals surface area contributed by atoms with E-state index < -0.39 is 0 Å². The summed E-state index contributed by atoms with van der Waals surface area (Å²) in [6.07, 6.45) is 8.43. The molecule has 0 amide bonds. The number of fused-ring (bicyclic) bond motifs is 2. The first-order chi connectivity index (χ1) is 8.74. The number of nitrogens with one attached hydrogen (secondary N) is 1. The predicted octanol–water partition coefficient (Wildman–Crippen LogP) is 2.54. The molecule has 3 rings (SSSR count). The summed E-state index contributed by atoms with van der Waals surface area (Å²) in [6, 6.07) is 5.54. The smallest absolute Gasteiger partial charge is 0.0505 e. The molecule has 1 aromatic rings. The molecule has 3 nitrogen and oxygen atoms in total. The molecule has 1 aliphatic heterocycles. The number of hydrogen-bond acceptors (Lipinski definition) is 2. The van der Waals surface area contributed by atoms with Crippen molar-refractivity contribution in [1.29, 1.82) is 0 Å². The minimum absolute atomic E-state index is 0.668. The van der Waals surface area contributed by atoms with Gasteiger partial charge >= 0.3 is 0 Å². The van der Waals surface area contributed by atoms with Gasteiger partial charge in [-0.25, -0.2) is 0 Å². The molecule has 2 fully saturated rings. The molecule has 1 N–H and O–H groups in total. The molecule has 1 saturated carbocycles. The summed E-state index contributed by atoms with van der Waals surface area (Å²) in [7, 11) is 0. The van der Waals surface area contributed by atoms with Gasteiger partial charge in [0.2, 0.25) is 0 Å². The fourth-order valence-electron chi connectivity index (χ4n) is 3.70. The zero-order chi connectivity index (χ0) is 12.5. The van der Waals surface area contributed by atoms with Gasteiger partial charge in [-0.3, -0.25) is 4.68 Å². The van der Waals surface area contributed by atoms with Gasteiger partial charge in [0.05, 0.1) is 6.04 Å². The topological polar surface area (TPSA) is 20.2 Å². The Morgan fingerprint density at radius 2 is 1.67 bits per heavy atom. The molecule has 0 spiro atoms. The van der Waals surface area contributed by atoms with Crippen molar-refractivity contribution in [1.82, 2.24) is 9.58 Å². The van der Waals surface area contributed by atoms with Gasteiger partial charge in [0, 0.05) is 31.5 Å². The Labute approximate surface area is 110 Å². The Bertz CT molecular complexity index is 357. The van der Waals surface area contributed by atoms with E-state index in [-0.39, 0.29) is 0 Å². The lowest BCUT2D eigenvalue weighted by Crippen LogP contribution is -2.57. The Hall–Kier alpha value is -0.960. The highest BCUT2D eigenvalue weighted by Crippen LogP contribution is 2.36. The Morgan fingerprint density at radius 1 is 1.06 bits per heavy atom. The minimum Gasteiger partial charge on any atom is -0.323 e. The third-order valence-corrected chi connectivity index (χ3v) is 4.74. The lowest BCUT2D eigenvalue weighted by Gasteiger charge is -2.49. The van der Waals surface area contributed by atoms with Crippen LogP contribution in [0.4, 0.5) is 0 Å². The maximum absolute atomic E-state index is 3.71. The molecule has 0 radical (unpaired) electrons. The molecule has 2 aliphatic rings. The molecule has 1 aliphatic carbocycles. The second-order valence-corrected chi connectivity index (χ2v) is 6.24. The number of aromatic nitrogens is 1.